The van der Waals surface area contributed by atoms with E-state index in [0.29, 0.717) is 17.8 Å². The molecule has 16 nitrogen and oxygen atoms in total. The number of nitrogens with one attached hydrogen (secondary N) is 5. The largest absolute Gasteiger partial charge is 0.493 e. The standard InChI is InChI=1S/C37H42N8O8/c1-23-34(47)43-28(18-24-10-5-4-6-11-24)36(49)39-15-16-45(37(50)27-13-8-7-12-26(27)33-40-22-41-44-33)21-31(46)38-14-9-17-53-32-29(51-2)19-25(35(48)42-23)20-30(32)52-3/h4-8,10-13,19-20,22-23,28H,9,14-18,21H2,1-3H3,(H,38,46)(H,39,49)(H,42,48)(H,43,47)(H,40,41,44)/t23-,28+/m0/s1. The molecule has 0 unspecified atom stereocenters. The summed E-state index contributed by atoms with van der Waals surface area (Å²) >= 11 is 0. The first-order chi connectivity index (χ1) is 25.7. The van der Waals surface area contributed by atoms with Gasteiger partial charge in [-0.1, -0.05) is 48.5 Å². The molecule has 2 aliphatic heterocycles. The maximum absolute atomic E-state index is 14.0. The third-order valence-electron chi connectivity index (χ3n) is 8.40. The Hall–Kier alpha value is -6.45. The minimum absolute atomic E-state index is 0.0388. The number of carbonyl (C=O) groups excluding carboxylic acids is 5. The second kappa shape index (κ2) is 18.2. The summed E-state index contributed by atoms with van der Waals surface area (Å²) in [6, 6.07) is 16.7. The van der Waals surface area contributed by atoms with Gasteiger partial charge in [0.2, 0.25) is 23.5 Å². The van der Waals surface area contributed by atoms with Crippen molar-refractivity contribution in [3.05, 3.63) is 89.7 Å². The van der Waals surface area contributed by atoms with Gasteiger partial charge in [0.25, 0.3) is 11.8 Å². The van der Waals surface area contributed by atoms with Crippen LogP contribution in [0.3, 0.4) is 0 Å². The average molecular weight is 727 g/mol. The van der Waals surface area contributed by atoms with Gasteiger partial charge in [0.05, 0.1) is 32.9 Å². The molecule has 2 atom stereocenters. The highest BCUT2D eigenvalue weighted by molar-refractivity contribution is 6.02. The van der Waals surface area contributed by atoms with Crippen molar-refractivity contribution < 1.29 is 38.2 Å². The Morgan fingerprint density at radius 3 is 2.32 bits per heavy atom. The summed E-state index contributed by atoms with van der Waals surface area (Å²) in [6.07, 6.45) is 1.85. The lowest BCUT2D eigenvalue weighted by Gasteiger charge is -2.25. The van der Waals surface area contributed by atoms with Gasteiger partial charge >= 0.3 is 0 Å². The molecule has 6 rings (SSSR count). The van der Waals surface area contributed by atoms with Gasteiger partial charge in [0.1, 0.15) is 18.4 Å². The summed E-state index contributed by atoms with van der Waals surface area (Å²) in [4.78, 5) is 73.2. The van der Waals surface area contributed by atoms with E-state index in [9.17, 15) is 24.0 Å². The van der Waals surface area contributed by atoms with Crippen LogP contribution < -0.4 is 35.5 Å². The number of carbonyl (C=O) groups is 5. The van der Waals surface area contributed by atoms with Crippen molar-refractivity contribution in [2.75, 3.05) is 47.0 Å². The fourth-order valence-electron chi connectivity index (χ4n) is 5.63. The number of benzene rings is 3. The number of amides is 5. The molecule has 0 radical (unpaired) electrons. The molecule has 4 aromatic rings. The van der Waals surface area contributed by atoms with Crippen molar-refractivity contribution in [2.45, 2.75) is 31.8 Å². The summed E-state index contributed by atoms with van der Waals surface area (Å²) in [5, 5.41) is 17.7. The summed E-state index contributed by atoms with van der Waals surface area (Å²) in [5.74, 6) is -1.55. The van der Waals surface area contributed by atoms with E-state index in [2.05, 4.69) is 36.4 Å². The van der Waals surface area contributed by atoms with Crippen LogP contribution in [-0.4, -0.2) is 109 Å². The van der Waals surface area contributed by atoms with Gasteiger partial charge in [-0.15, -0.1) is 0 Å². The summed E-state index contributed by atoms with van der Waals surface area (Å²) < 4.78 is 16.9. The number of methoxy groups -OCH3 is 2. The highest BCUT2D eigenvalue weighted by atomic mass is 16.5. The maximum atomic E-state index is 14.0. The first-order valence-corrected chi connectivity index (χ1v) is 17.0. The summed E-state index contributed by atoms with van der Waals surface area (Å²) in [6.45, 7) is 1.47. The SMILES string of the molecule is COc1cc2cc(OC)c1OCCCNC(=O)CN(C(=O)c1ccccc1-c1ncn[nH]1)CCNC(=O)[C@@H](Cc1ccccc1)NC(=O)[C@H](C)NC2=O. The zero-order chi connectivity index (χ0) is 37.7. The average Bonchev–Trinajstić information content (AvgIpc) is 3.72. The lowest BCUT2D eigenvalue weighted by molar-refractivity contribution is -0.129. The molecule has 5 amide bonds. The molecule has 5 N–H and O–H groups in total. The van der Waals surface area contributed by atoms with Crippen LogP contribution in [-0.2, 0) is 20.8 Å². The second-order valence-electron chi connectivity index (χ2n) is 12.1. The van der Waals surface area contributed by atoms with Crippen LogP contribution in [0.5, 0.6) is 17.2 Å². The van der Waals surface area contributed by atoms with Gasteiger partial charge < -0.3 is 40.4 Å². The minimum Gasteiger partial charge on any atom is -0.493 e. The Bertz CT molecular complexity index is 1880. The Labute approximate surface area is 306 Å². The summed E-state index contributed by atoms with van der Waals surface area (Å²) in [7, 11) is 2.83. The van der Waals surface area contributed by atoms with Crippen LogP contribution in [0.2, 0.25) is 0 Å². The third kappa shape index (κ3) is 9.87. The van der Waals surface area contributed by atoms with E-state index in [1.807, 2.05) is 30.3 Å². The van der Waals surface area contributed by atoms with E-state index in [1.165, 1.54) is 44.5 Å². The fourth-order valence-corrected chi connectivity index (χ4v) is 5.63. The molecule has 0 saturated heterocycles. The number of ether oxygens (including phenoxy) is 3. The van der Waals surface area contributed by atoms with Crippen LogP contribution in [0.25, 0.3) is 11.4 Å². The molecule has 3 aromatic carbocycles. The molecule has 1 aromatic heterocycles. The second-order valence-corrected chi connectivity index (χ2v) is 12.1. The lowest BCUT2D eigenvalue weighted by atomic mass is 10.0. The van der Waals surface area contributed by atoms with Crippen molar-refractivity contribution in [1.82, 2.24) is 41.3 Å². The fraction of sp³-hybridized carbons (Fsp3) is 0.324. The third-order valence-corrected chi connectivity index (χ3v) is 8.40. The van der Waals surface area contributed by atoms with Crippen LogP contribution in [0.1, 0.15) is 39.6 Å². The Kier molecular flexibility index (Phi) is 13.0. The predicted molar refractivity (Wildman–Crippen MR) is 192 cm³/mol. The van der Waals surface area contributed by atoms with E-state index in [1.54, 1.807) is 24.3 Å². The number of H-pyrrole nitrogens is 1. The van der Waals surface area contributed by atoms with Crippen molar-refractivity contribution >= 4 is 29.5 Å². The zero-order valence-corrected chi connectivity index (χ0v) is 29.6. The molecular weight excluding hydrogens is 684 g/mol. The molecule has 2 aliphatic rings. The topological polar surface area (TPSA) is 206 Å². The molecule has 16 heteroatoms. The van der Waals surface area contributed by atoms with E-state index in [4.69, 9.17) is 14.2 Å². The molecule has 0 aliphatic carbocycles. The van der Waals surface area contributed by atoms with Gasteiger partial charge in [-0.3, -0.25) is 29.1 Å². The van der Waals surface area contributed by atoms with E-state index < -0.39 is 41.6 Å². The first-order valence-electron chi connectivity index (χ1n) is 17.0. The van der Waals surface area contributed by atoms with E-state index in [0.717, 1.165) is 5.56 Å². The summed E-state index contributed by atoms with van der Waals surface area (Å²) in [5.41, 5.74) is 1.70. The number of aromatic nitrogens is 3. The van der Waals surface area contributed by atoms with E-state index >= 15 is 0 Å². The van der Waals surface area contributed by atoms with Gasteiger partial charge in [0, 0.05) is 37.2 Å². The number of fused-ring (bicyclic) bond motifs is 19. The molecule has 0 saturated carbocycles. The smallest absolute Gasteiger partial charge is 0.255 e. The van der Waals surface area contributed by atoms with Crippen molar-refractivity contribution in [1.29, 1.82) is 0 Å². The zero-order valence-electron chi connectivity index (χ0n) is 29.6. The normalized spacial score (nSPS) is 17.9. The van der Waals surface area contributed by atoms with Crippen LogP contribution in [0.15, 0.2) is 73.1 Å². The van der Waals surface area contributed by atoms with Gasteiger partial charge in [-0.05, 0) is 37.1 Å². The van der Waals surface area contributed by atoms with E-state index in [-0.39, 0.29) is 67.6 Å². The molecule has 2 bridgehead atoms. The molecule has 53 heavy (non-hydrogen) atoms. The first kappa shape index (κ1) is 37.8. The van der Waals surface area contributed by atoms with Crippen molar-refractivity contribution in [3.63, 3.8) is 0 Å². The van der Waals surface area contributed by atoms with Crippen LogP contribution in [0.4, 0.5) is 0 Å². The van der Waals surface area contributed by atoms with Gasteiger partial charge in [-0.25, -0.2) is 4.98 Å². The van der Waals surface area contributed by atoms with Crippen LogP contribution in [0, 0.1) is 0 Å². The number of aromatic amines is 1. The van der Waals surface area contributed by atoms with Crippen molar-refractivity contribution in [3.8, 4) is 28.6 Å². The molecule has 3 heterocycles. The number of rotatable bonds is 6. The monoisotopic (exact) mass is 726 g/mol. The Balaban J connectivity index is 1.43. The molecule has 278 valence electrons. The highest BCUT2D eigenvalue weighted by Crippen LogP contribution is 2.38. The Morgan fingerprint density at radius 1 is 0.906 bits per heavy atom. The predicted octanol–water partition coefficient (Wildman–Crippen LogP) is 1.49. The number of hydrogen-bond donors (Lipinski definition) is 5. The van der Waals surface area contributed by atoms with Crippen molar-refractivity contribution in [2.24, 2.45) is 0 Å². The maximum Gasteiger partial charge on any atom is 0.255 e. The molecule has 0 fully saturated rings. The number of nitrogens with zero attached hydrogens (tertiary/aromatic N) is 3. The Morgan fingerprint density at radius 2 is 1.62 bits per heavy atom. The van der Waals surface area contributed by atoms with Gasteiger partial charge in [-0.2, -0.15) is 5.10 Å². The highest BCUT2D eigenvalue weighted by Gasteiger charge is 2.27. The number of hydrogen-bond acceptors (Lipinski definition) is 10. The molecular formula is C37H42N8O8. The quantitative estimate of drug-likeness (QED) is 0.181. The molecule has 0 spiro atoms. The van der Waals surface area contributed by atoms with Crippen LogP contribution >= 0.6 is 0 Å². The minimum atomic E-state index is -1.05. The lowest BCUT2D eigenvalue weighted by Crippen LogP contribution is -2.54. The van der Waals surface area contributed by atoms with Gasteiger partial charge in [0.15, 0.2) is 17.3 Å².